The molecule has 7 nitrogen and oxygen atoms in total. The Morgan fingerprint density at radius 2 is 1.49 bits per heavy atom. The van der Waals surface area contributed by atoms with E-state index in [9.17, 15) is 18.8 Å². The van der Waals surface area contributed by atoms with Crippen molar-refractivity contribution < 1.29 is 28.3 Å². The lowest BCUT2D eigenvalue weighted by atomic mass is 9.48. The molecule has 0 aromatic heterocycles. The second-order valence-corrected chi connectivity index (χ2v) is 14.4. The van der Waals surface area contributed by atoms with Gasteiger partial charge in [0.15, 0.2) is 5.78 Å². The third-order valence-corrected chi connectivity index (χ3v) is 11.0. The van der Waals surface area contributed by atoms with Crippen LogP contribution in [0.2, 0.25) is 0 Å². The summed E-state index contributed by atoms with van der Waals surface area (Å²) >= 11 is 0. The molecule has 2 atom stereocenters. The maximum absolute atomic E-state index is 15.2. The summed E-state index contributed by atoms with van der Waals surface area (Å²) in [5.41, 5.74) is 1.86. The van der Waals surface area contributed by atoms with Gasteiger partial charge in [0.25, 0.3) is 0 Å². The first kappa shape index (κ1) is 31.3. The molecule has 4 bridgehead atoms. The van der Waals surface area contributed by atoms with Crippen LogP contribution in [0.1, 0.15) is 79.8 Å². The number of Topliss-reactive ketones (excluding diaryl/α,β-unsaturated/α-hetero) is 1. The molecule has 0 spiro atoms. The summed E-state index contributed by atoms with van der Waals surface area (Å²) in [6.45, 7) is 1.35. The average molecular weight is 637 g/mol. The number of amides is 2. The Labute approximate surface area is 275 Å². The number of anilines is 1. The number of hydrogen-bond donors (Lipinski definition) is 0. The van der Waals surface area contributed by atoms with E-state index in [1.165, 1.54) is 48.1 Å². The molecule has 0 saturated heterocycles. The smallest absolute Gasteiger partial charge is 0.329 e. The predicted molar refractivity (Wildman–Crippen MR) is 175 cm³/mol. The normalized spacial score (nSPS) is 28.3. The molecule has 4 fully saturated rings. The number of benzene rings is 3. The van der Waals surface area contributed by atoms with Gasteiger partial charge in [-0.2, -0.15) is 0 Å². The van der Waals surface area contributed by atoms with Crippen molar-refractivity contribution in [3.05, 3.63) is 101 Å². The van der Waals surface area contributed by atoms with Crippen molar-refractivity contribution in [1.82, 2.24) is 4.90 Å². The minimum atomic E-state index is -1.28. The number of halogens is 1. The van der Waals surface area contributed by atoms with Gasteiger partial charge in [-0.25, -0.2) is 9.18 Å². The summed E-state index contributed by atoms with van der Waals surface area (Å²) < 4.78 is 20.2. The number of nitrogens with zero attached hydrogens (tertiary/aromatic N) is 2. The van der Waals surface area contributed by atoms with Crippen molar-refractivity contribution in [2.45, 2.75) is 83.5 Å². The van der Waals surface area contributed by atoms with Crippen LogP contribution in [-0.2, 0) is 32.3 Å². The van der Waals surface area contributed by atoms with Crippen LogP contribution in [-0.4, -0.2) is 40.6 Å². The van der Waals surface area contributed by atoms with Crippen molar-refractivity contribution >= 4 is 29.3 Å². The predicted octanol–water partition coefficient (Wildman–Crippen LogP) is 6.88. The zero-order chi connectivity index (χ0) is 32.7. The molecule has 47 heavy (non-hydrogen) atoms. The molecule has 1 heterocycles. The molecule has 3 aromatic rings. The van der Waals surface area contributed by atoms with Gasteiger partial charge in [-0.3, -0.25) is 14.4 Å². The Kier molecular flexibility index (Phi) is 8.45. The minimum absolute atomic E-state index is 0.00707. The van der Waals surface area contributed by atoms with Crippen molar-refractivity contribution in [2.24, 2.45) is 23.2 Å². The lowest BCUT2D eigenvalue weighted by Crippen LogP contribution is -2.59. The van der Waals surface area contributed by atoms with E-state index in [2.05, 4.69) is 0 Å². The largest absolute Gasteiger partial charge is 0.459 e. The fraction of sp³-hybridized carbons (Fsp3) is 0.436. The minimum Gasteiger partial charge on any atom is -0.459 e. The number of carbonyl (C=O) groups excluding carboxylic acids is 4. The fourth-order valence-electron chi connectivity index (χ4n) is 9.54. The quantitative estimate of drug-likeness (QED) is 0.264. The van der Waals surface area contributed by atoms with Crippen molar-refractivity contribution in [3.63, 3.8) is 0 Å². The summed E-state index contributed by atoms with van der Waals surface area (Å²) in [4.78, 5) is 60.0. The van der Waals surface area contributed by atoms with Crippen molar-refractivity contribution in [2.75, 3.05) is 4.90 Å². The molecule has 8 rings (SSSR count). The lowest BCUT2D eigenvalue weighted by molar-refractivity contribution is -0.161. The van der Waals surface area contributed by atoms with E-state index in [1.807, 2.05) is 30.3 Å². The molecule has 3 aromatic carbocycles. The van der Waals surface area contributed by atoms with Gasteiger partial charge in [0.05, 0.1) is 12.2 Å². The van der Waals surface area contributed by atoms with E-state index in [0.29, 0.717) is 35.4 Å². The molecule has 2 amide bonds. The Balaban J connectivity index is 1.32. The third-order valence-electron chi connectivity index (χ3n) is 11.0. The molecule has 0 unspecified atom stereocenters. The maximum atomic E-state index is 15.2. The average Bonchev–Trinajstić information content (AvgIpc) is 3.07. The Bertz CT molecular complexity index is 1650. The van der Waals surface area contributed by atoms with Gasteiger partial charge in [-0.05, 0) is 104 Å². The number of esters is 1. The van der Waals surface area contributed by atoms with E-state index in [1.54, 1.807) is 36.4 Å². The lowest BCUT2D eigenvalue weighted by Gasteiger charge is -2.58. The van der Waals surface area contributed by atoms with Gasteiger partial charge >= 0.3 is 5.97 Å². The van der Waals surface area contributed by atoms with Gasteiger partial charge in [-0.15, -0.1) is 0 Å². The van der Waals surface area contributed by atoms with Gasteiger partial charge in [0, 0.05) is 18.9 Å². The second-order valence-electron chi connectivity index (χ2n) is 14.4. The number of rotatable bonds is 7. The van der Waals surface area contributed by atoms with Crippen LogP contribution >= 0.6 is 0 Å². The molecule has 0 N–H and O–H groups in total. The Morgan fingerprint density at radius 3 is 2.15 bits per heavy atom. The van der Waals surface area contributed by atoms with Crippen LogP contribution in [0.15, 0.2) is 78.9 Å². The molecular weight excluding hydrogens is 595 g/mol. The van der Waals surface area contributed by atoms with Gasteiger partial charge in [-0.1, -0.05) is 54.6 Å². The van der Waals surface area contributed by atoms with E-state index in [-0.39, 0.29) is 42.2 Å². The van der Waals surface area contributed by atoms with Crippen LogP contribution in [0.5, 0.6) is 0 Å². The van der Waals surface area contributed by atoms with Gasteiger partial charge in [0.2, 0.25) is 11.8 Å². The SMILES string of the molecule is CC(=O)N1[C@H](CC23CC4CC(CC(C4)C2)C3)C(=O)N(Cc2cccc(F)c2)c2ccccc2C(=O)C[C@H]1C(=O)OCc1ccccc1. The first-order valence-corrected chi connectivity index (χ1v) is 16.9. The zero-order valence-corrected chi connectivity index (χ0v) is 26.8. The highest BCUT2D eigenvalue weighted by molar-refractivity contribution is 6.10. The van der Waals surface area contributed by atoms with Crippen LogP contribution in [0.3, 0.4) is 0 Å². The fourth-order valence-corrected chi connectivity index (χ4v) is 9.54. The topological polar surface area (TPSA) is 84.0 Å². The van der Waals surface area contributed by atoms with E-state index in [0.717, 1.165) is 24.8 Å². The van der Waals surface area contributed by atoms with Crippen molar-refractivity contribution in [1.29, 1.82) is 0 Å². The molecular formula is C39H41FN2O5. The number of carbonyl (C=O) groups is 4. The van der Waals surface area contributed by atoms with Crippen LogP contribution < -0.4 is 4.90 Å². The monoisotopic (exact) mass is 636 g/mol. The first-order chi connectivity index (χ1) is 22.7. The van der Waals surface area contributed by atoms with E-state index in [4.69, 9.17) is 4.74 Å². The Hall–Kier alpha value is -4.33. The Morgan fingerprint density at radius 1 is 0.851 bits per heavy atom. The molecule has 244 valence electrons. The molecule has 8 heteroatoms. The standard InChI is InChI=1S/C39H41FN2O5/c1-25(43)42-34(38(46)47-24-26-8-3-2-4-9-26)18-36(44)32-12-5-6-13-33(32)41(23-27-10-7-11-31(40)17-27)37(45)35(42)22-39-19-28-14-29(20-39)16-30(15-28)21-39/h2-13,17,28-30,34-35H,14-16,18-24H2,1H3/t28?,29?,30?,34-,35+,39?/m0/s1. The summed E-state index contributed by atoms with van der Waals surface area (Å²) in [6.07, 6.45) is 6.74. The number of ether oxygens (including phenoxy) is 1. The second kappa shape index (κ2) is 12.7. The first-order valence-electron chi connectivity index (χ1n) is 16.9. The van der Waals surface area contributed by atoms with Gasteiger partial charge < -0.3 is 14.5 Å². The highest BCUT2D eigenvalue weighted by Gasteiger charge is 2.54. The summed E-state index contributed by atoms with van der Waals surface area (Å²) in [6, 6.07) is 19.9. The van der Waals surface area contributed by atoms with Gasteiger partial charge in [0.1, 0.15) is 24.5 Å². The number of para-hydroxylation sites is 1. The number of hydrogen-bond acceptors (Lipinski definition) is 5. The van der Waals surface area contributed by atoms with E-state index >= 15 is 4.79 Å². The van der Waals surface area contributed by atoms with E-state index < -0.39 is 29.8 Å². The summed E-state index contributed by atoms with van der Waals surface area (Å²) in [5.74, 6) is -0.525. The molecule has 0 radical (unpaired) electrons. The molecule has 4 saturated carbocycles. The zero-order valence-electron chi connectivity index (χ0n) is 26.8. The summed E-state index contributed by atoms with van der Waals surface area (Å²) in [5, 5.41) is 0. The van der Waals surface area contributed by atoms with Crippen molar-refractivity contribution in [3.8, 4) is 0 Å². The maximum Gasteiger partial charge on any atom is 0.329 e. The molecule has 1 aliphatic heterocycles. The molecule has 5 aliphatic rings. The third kappa shape index (κ3) is 6.34. The van der Waals surface area contributed by atoms with Crippen LogP contribution in [0, 0.1) is 29.0 Å². The highest BCUT2D eigenvalue weighted by Crippen LogP contribution is 2.62. The number of fused-ring (bicyclic) bond motifs is 1. The highest BCUT2D eigenvalue weighted by atomic mass is 19.1. The van der Waals surface area contributed by atoms with Crippen LogP contribution in [0.4, 0.5) is 10.1 Å². The van der Waals surface area contributed by atoms with Crippen LogP contribution in [0.25, 0.3) is 0 Å². The number of ketones is 1. The summed E-state index contributed by atoms with van der Waals surface area (Å²) in [7, 11) is 0. The molecule has 4 aliphatic carbocycles.